The van der Waals surface area contributed by atoms with Gasteiger partial charge in [-0.25, -0.2) is 9.37 Å². The number of rotatable bonds is 5. The van der Waals surface area contributed by atoms with Crippen LogP contribution in [0.2, 0.25) is 0 Å². The summed E-state index contributed by atoms with van der Waals surface area (Å²) in [5.74, 6) is -0.836. The SMILES string of the molecule is O=C(CCn1cnc2ccccc2c1=O)OCc1cccc(F)c1. The molecule has 2 aromatic carbocycles. The van der Waals surface area contributed by atoms with Crippen LogP contribution >= 0.6 is 0 Å². The molecule has 0 aliphatic rings. The van der Waals surface area contributed by atoms with Crippen molar-refractivity contribution < 1.29 is 13.9 Å². The maximum Gasteiger partial charge on any atom is 0.307 e. The molecule has 6 heteroatoms. The highest BCUT2D eigenvalue weighted by atomic mass is 19.1. The van der Waals surface area contributed by atoms with E-state index < -0.39 is 5.97 Å². The molecule has 0 radical (unpaired) electrons. The van der Waals surface area contributed by atoms with E-state index in [1.54, 1.807) is 30.3 Å². The largest absolute Gasteiger partial charge is 0.461 e. The Hall–Kier alpha value is -3.02. The highest BCUT2D eigenvalue weighted by Gasteiger charge is 2.08. The lowest BCUT2D eigenvalue weighted by molar-refractivity contribution is -0.145. The second-order valence-electron chi connectivity index (χ2n) is 5.30. The Bertz CT molecular complexity index is 937. The van der Waals surface area contributed by atoms with Gasteiger partial charge in [0.15, 0.2) is 0 Å². The third kappa shape index (κ3) is 3.65. The van der Waals surface area contributed by atoms with Crippen LogP contribution < -0.4 is 5.56 Å². The topological polar surface area (TPSA) is 61.2 Å². The number of hydrogen-bond acceptors (Lipinski definition) is 4. The first-order valence-corrected chi connectivity index (χ1v) is 7.48. The molecule has 0 aliphatic carbocycles. The number of nitrogens with zero attached hydrogens (tertiary/aromatic N) is 2. The van der Waals surface area contributed by atoms with E-state index in [9.17, 15) is 14.0 Å². The van der Waals surface area contributed by atoms with E-state index in [1.165, 1.54) is 23.0 Å². The average molecular weight is 326 g/mol. The summed E-state index contributed by atoms with van der Waals surface area (Å²) in [5, 5.41) is 0.508. The highest BCUT2D eigenvalue weighted by molar-refractivity contribution is 5.77. The first-order valence-electron chi connectivity index (χ1n) is 7.48. The predicted octanol–water partition coefficient (Wildman–Crippen LogP) is 2.67. The second-order valence-corrected chi connectivity index (χ2v) is 5.30. The van der Waals surface area contributed by atoms with Crippen LogP contribution in [0, 0.1) is 5.82 Å². The lowest BCUT2D eigenvalue weighted by Crippen LogP contribution is -2.22. The molecule has 0 bridgehead atoms. The lowest BCUT2D eigenvalue weighted by atomic mass is 10.2. The van der Waals surface area contributed by atoms with Crippen molar-refractivity contribution in [3.63, 3.8) is 0 Å². The number of esters is 1. The molecule has 3 aromatic rings. The molecule has 0 atom stereocenters. The van der Waals surface area contributed by atoms with E-state index in [1.807, 2.05) is 6.07 Å². The minimum Gasteiger partial charge on any atom is -0.461 e. The average Bonchev–Trinajstić information content (AvgIpc) is 2.60. The quantitative estimate of drug-likeness (QED) is 0.676. The summed E-state index contributed by atoms with van der Waals surface area (Å²) >= 11 is 0. The number of halogens is 1. The van der Waals surface area contributed by atoms with Crippen molar-refractivity contribution >= 4 is 16.9 Å². The van der Waals surface area contributed by atoms with Gasteiger partial charge in [0, 0.05) is 6.54 Å². The fourth-order valence-electron chi connectivity index (χ4n) is 2.34. The van der Waals surface area contributed by atoms with Crippen LogP contribution in [0.1, 0.15) is 12.0 Å². The number of aromatic nitrogens is 2. The van der Waals surface area contributed by atoms with Crippen LogP contribution in [-0.4, -0.2) is 15.5 Å². The molecule has 1 aromatic heterocycles. The maximum absolute atomic E-state index is 13.0. The molecule has 0 N–H and O–H groups in total. The summed E-state index contributed by atoms with van der Waals surface area (Å²) in [6.45, 7) is 0.181. The van der Waals surface area contributed by atoms with E-state index in [0.717, 1.165) is 0 Å². The normalized spacial score (nSPS) is 10.7. The summed E-state index contributed by atoms with van der Waals surface area (Å²) in [7, 11) is 0. The van der Waals surface area contributed by atoms with E-state index in [-0.39, 0.29) is 30.9 Å². The van der Waals surface area contributed by atoms with Crippen LogP contribution in [0.3, 0.4) is 0 Å². The molecule has 0 saturated carbocycles. The number of hydrogen-bond donors (Lipinski definition) is 0. The molecule has 3 rings (SSSR count). The lowest BCUT2D eigenvalue weighted by Gasteiger charge is -2.07. The molecule has 24 heavy (non-hydrogen) atoms. The number of benzene rings is 2. The van der Waals surface area contributed by atoms with Gasteiger partial charge in [-0.3, -0.25) is 14.2 Å². The Morgan fingerprint density at radius 1 is 1.17 bits per heavy atom. The van der Waals surface area contributed by atoms with Crippen molar-refractivity contribution in [1.29, 1.82) is 0 Å². The van der Waals surface area contributed by atoms with Gasteiger partial charge in [-0.05, 0) is 29.8 Å². The maximum atomic E-state index is 13.0. The molecule has 1 heterocycles. The highest BCUT2D eigenvalue weighted by Crippen LogP contribution is 2.07. The molecule has 0 saturated heterocycles. The minimum absolute atomic E-state index is 0.00145. The molecule has 0 fully saturated rings. The number of aryl methyl sites for hydroxylation is 1. The third-order valence-corrected chi connectivity index (χ3v) is 3.58. The van der Waals surface area contributed by atoms with E-state index in [0.29, 0.717) is 16.5 Å². The van der Waals surface area contributed by atoms with Crippen molar-refractivity contribution in [3.8, 4) is 0 Å². The van der Waals surface area contributed by atoms with Crippen molar-refractivity contribution in [2.75, 3.05) is 0 Å². The van der Waals surface area contributed by atoms with Gasteiger partial charge < -0.3 is 4.74 Å². The summed E-state index contributed by atoms with van der Waals surface area (Å²) in [5.41, 5.74) is 0.999. The first kappa shape index (κ1) is 15.9. The van der Waals surface area contributed by atoms with Crippen molar-refractivity contribution in [1.82, 2.24) is 9.55 Å². The Morgan fingerprint density at radius 3 is 2.83 bits per heavy atom. The molecule has 5 nitrogen and oxygen atoms in total. The zero-order valence-electron chi connectivity index (χ0n) is 12.8. The first-order chi connectivity index (χ1) is 11.6. The van der Waals surface area contributed by atoms with E-state index >= 15 is 0 Å². The fraction of sp³-hybridized carbons (Fsp3) is 0.167. The predicted molar refractivity (Wildman–Crippen MR) is 86.8 cm³/mol. The van der Waals surface area contributed by atoms with Crippen LogP contribution in [0.4, 0.5) is 4.39 Å². The van der Waals surface area contributed by atoms with Crippen LogP contribution in [0.25, 0.3) is 10.9 Å². The van der Waals surface area contributed by atoms with Gasteiger partial charge in [0.25, 0.3) is 5.56 Å². The van der Waals surface area contributed by atoms with Crippen molar-refractivity contribution in [3.05, 3.63) is 76.6 Å². The molecule has 0 spiro atoms. The Morgan fingerprint density at radius 2 is 2.00 bits per heavy atom. The van der Waals surface area contributed by atoms with Gasteiger partial charge in [0.1, 0.15) is 12.4 Å². The zero-order chi connectivity index (χ0) is 16.9. The standard InChI is InChI=1S/C18H15FN2O3/c19-14-5-3-4-13(10-14)11-24-17(22)8-9-21-12-20-16-7-2-1-6-15(16)18(21)23/h1-7,10,12H,8-9,11H2. The fourth-order valence-corrected chi connectivity index (χ4v) is 2.34. The molecular formula is C18H15FN2O3. The minimum atomic E-state index is -0.459. The molecular weight excluding hydrogens is 311 g/mol. The number of carbonyl (C=O) groups excluding carboxylic acids is 1. The Balaban J connectivity index is 1.60. The number of para-hydroxylation sites is 1. The summed E-state index contributed by atoms with van der Waals surface area (Å²) in [6, 6.07) is 12.9. The number of fused-ring (bicyclic) bond motifs is 1. The summed E-state index contributed by atoms with van der Waals surface area (Å²) < 4.78 is 19.5. The zero-order valence-corrected chi connectivity index (χ0v) is 12.8. The van der Waals surface area contributed by atoms with Crippen LogP contribution in [-0.2, 0) is 22.7 Å². The van der Waals surface area contributed by atoms with Crippen LogP contribution in [0.5, 0.6) is 0 Å². The van der Waals surface area contributed by atoms with Gasteiger partial charge in [-0.1, -0.05) is 24.3 Å². The summed E-state index contributed by atoms with van der Waals surface area (Å²) in [6.07, 6.45) is 1.46. The van der Waals surface area contributed by atoms with Gasteiger partial charge >= 0.3 is 5.97 Å². The number of carbonyl (C=O) groups is 1. The Labute approximate surface area is 137 Å². The van der Waals surface area contributed by atoms with Gasteiger partial charge in [-0.15, -0.1) is 0 Å². The molecule has 0 aliphatic heterocycles. The third-order valence-electron chi connectivity index (χ3n) is 3.58. The van der Waals surface area contributed by atoms with Gasteiger partial charge in [0.2, 0.25) is 0 Å². The van der Waals surface area contributed by atoms with E-state index in [4.69, 9.17) is 4.74 Å². The monoisotopic (exact) mass is 326 g/mol. The van der Waals surface area contributed by atoms with Crippen LogP contribution in [0.15, 0.2) is 59.7 Å². The van der Waals surface area contributed by atoms with Gasteiger partial charge in [-0.2, -0.15) is 0 Å². The van der Waals surface area contributed by atoms with Gasteiger partial charge in [0.05, 0.1) is 23.7 Å². The Kier molecular flexibility index (Phi) is 4.65. The molecule has 122 valence electrons. The second kappa shape index (κ2) is 7.04. The smallest absolute Gasteiger partial charge is 0.307 e. The molecule has 0 unspecified atom stereocenters. The van der Waals surface area contributed by atoms with Crippen molar-refractivity contribution in [2.24, 2.45) is 0 Å². The number of ether oxygens (including phenoxy) is 1. The summed E-state index contributed by atoms with van der Waals surface area (Å²) in [4.78, 5) is 28.3. The van der Waals surface area contributed by atoms with Crippen molar-refractivity contribution in [2.45, 2.75) is 19.6 Å². The molecule has 0 amide bonds. The van der Waals surface area contributed by atoms with E-state index in [2.05, 4.69) is 4.98 Å².